The van der Waals surface area contributed by atoms with E-state index in [1.807, 2.05) is 12.2 Å². The van der Waals surface area contributed by atoms with Crippen molar-refractivity contribution in [2.24, 2.45) is 5.73 Å². The molecule has 0 aliphatic carbocycles. The van der Waals surface area contributed by atoms with Crippen molar-refractivity contribution in [3.63, 3.8) is 0 Å². The molecule has 0 rings (SSSR count). The van der Waals surface area contributed by atoms with E-state index in [0.29, 0.717) is 12.0 Å². The Morgan fingerprint density at radius 2 is 1.79 bits per heavy atom. The third kappa shape index (κ3) is 8.64. The predicted molar refractivity (Wildman–Crippen MR) is 87.1 cm³/mol. The molecule has 0 bridgehead atoms. The van der Waals surface area contributed by atoms with Gasteiger partial charge in [-0.1, -0.05) is 38.7 Å². The molecule has 0 aromatic rings. The second-order valence-electron chi connectivity index (χ2n) is 5.34. The van der Waals surface area contributed by atoms with Crippen LogP contribution in [-0.4, -0.2) is 35.7 Å². The van der Waals surface area contributed by atoms with Crippen LogP contribution < -0.4 is 11.1 Å². The van der Waals surface area contributed by atoms with Crippen molar-refractivity contribution in [3.05, 3.63) is 11.1 Å². The van der Waals surface area contributed by atoms with Crippen LogP contribution in [0, 0.1) is 0 Å². The summed E-state index contributed by atoms with van der Waals surface area (Å²) in [7, 11) is 0. The Bertz CT molecular complexity index is 461. The minimum absolute atomic E-state index is 0.377. The number of carbonyl (C=O) groups is 3. The molecule has 4 N–H and O–H groups in total. The van der Waals surface area contributed by atoms with Gasteiger partial charge in [-0.05, 0) is 26.2 Å². The van der Waals surface area contributed by atoms with E-state index in [0.717, 1.165) is 37.7 Å². The minimum atomic E-state index is -1.95. The van der Waals surface area contributed by atoms with Gasteiger partial charge in [0.25, 0.3) is 0 Å². The van der Waals surface area contributed by atoms with Crippen LogP contribution in [0.3, 0.4) is 0 Å². The van der Waals surface area contributed by atoms with Gasteiger partial charge in [-0.2, -0.15) is 0 Å². The Morgan fingerprint density at radius 3 is 2.33 bits per heavy atom. The van der Waals surface area contributed by atoms with Gasteiger partial charge in [-0.25, -0.2) is 19.4 Å². The molecule has 8 heteroatoms. The number of carbonyl (C=O) groups excluding carboxylic acids is 3. The summed E-state index contributed by atoms with van der Waals surface area (Å²) in [5, 5.41) is 11.2. The molecule has 0 fully saturated rings. The zero-order chi connectivity index (χ0) is 18.5. The normalized spacial score (nSPS) is 12.9. The zero-order valence-corrected chi connectivity index (χ0v) is 14.6. The molecule has 1 unspecified atom stereocenters. The number of rotatable bonds is 10. The minimum Gasteiger partial charge on any atom is -0.364 e. The van der Waals surface area contributed by atoms with Crippen LogP contribution in [0.5, 0.6) is 0 Å². The molecule has 138 valence electrons. The second kappa shape index (κ2) is 12.5. The monoisotopic (exact) mass is 344 g/mol. The number of nitrogens with one attached hydrogen (secondary N) is 1. The molecule has 0 aromatic heterocycles. The van der Waals surface area contributed by atoms with Crippen LogP contribution in [-0.2, 0) is 24.2 Å². The Kier molecular flexibility index (Phi) is 11.5. The first-order chi connectivity index (χ1) is 11.4. The maximum Gasteiger partial charge on any atom is 0.404 e. The fraction of sp³-hybridized carbons (Fsp3) is 0.688. The van der Waals surface area contributed by atoms with Gasteiger partial charge in [-0.3, -0.25) is 4.79 Å². The van der Waals surface area contributed by atoms with Crippen molar-refractivity contribution in [1.82, 2.24) is 5.32 Å². The van der Waals surface area contributed by atoms with E-state index in [-0.39, 0.29) is 0 Å². The SMILES string of the molecule is CCCCCC/C(CC)=C(/C)C(=O)OOC(=O)C(O)NC(=O)CN. The van der Waals surface area contributed by atoms with E-state index in [1.54, 1.807) is 6.92 Å². The van der Waals surface area contributed by atoms with E-state index < -0.39 is 30.6 Å². The number of aliphatic hydroxyl groups excluding tert-OH is 1. The number of aliphatic hydroxyl groups is 1. The maximum absolute atomic E-state index is 11.9. The van der Waals surface area contributed by atoms with E-state index in [9.17, 15) is 19.5 Å². The quantitative estimate of drug-likeness (QED) is 0.178. The van der Waals surface area contributed by atoms with Crippen LogP contribution in [0.1, 0.15) is 59.3 Å². The molecule has 0 aromatic carbocycles. The number of amides is 1. The summed E-state index contributed by atoms with van der Waals surface area (Å²) in [6.45, 7) is 5.26. The van der Waals surface area contributed by atoms with Gasteiger partial charge in [-0.15, -0.1) is 0 Å². The smallest absolute Gasteiger partial charge is 0.364 e. The van der Waals surface area contributed by atoms with Gasteiger partial charge in [0, 0.05) is 5.57 Å². The van der Waals surface area contributed by atoms with Gasteiger partial charge in [0.15, 0.2) is 0 Å². The van der Waals surface area contributed by atoms with Gasteiger partial charge >= 0.3 is 11.9 Å². The van der Waals surface area contributed by atoms with Crippen molar-refractivity contribution < 1.29 is 29.3 Å². The Balaban J connectivity index is 4.47. The molecule has 24 heavy (non-hydrogen) atoms. The number of hydrogen-bond donors (Lipinski definition) is 3. The third-order valence-corrected chi connectivity index (χ3v) is 3.50. The maximum atomic E-state index is 11.9. The van der Waals surface area contributed by atoms with Crippen molar-refractivity contribution in [2.45, 2.75) is 65.5 Å². The van der Waals surface area contributed by atoms with Crippen LogP contribution in [0.25, 0.3) is 0 Å². The lowest BCUT2D eigenvalue weighted by Crippen LogP contribution is -2.44. The van der Waals surface area contributed by atoms with Gasteiger partial charge < -0.3 is 16.2 Å². The molecular weight excluding hydrogens is 316 g/mol. The van der Waals surface area contributed by atoms with Crippen LogP contribution in [0.2, 0.25) is 0 Å². The van der Waals surface area contributed by atoms with Gasteiger partial charge in [0.2, 0.25) is 12.1 Å². The second-order valence-corrected chi connectivity index (χ2v) is 5.34. The summed E-state index contributed by atoms with van der Waals surface area (Å²) >= 11 is 0. The molecule has 0 heterocycles. The number of hydrogen-bond acceptors (Lipinski definition) is 7. The van der Waals surface area contributed by atoms with E-state index in [2.05, 4.69) is 16.7 Å². The van der Waals surface area contributed by atoms with Gasteiger partial charge in [0.05, 0.1) is 6.54 Å². The zero-order valence-electron chi connectivity index (χ0n) is 14.6. The molecule has 0 radical (unpaired) electrons. The first-order valence-electron chi connectivity index (χ1n) is 8.16. The van der Waals surface area contributed by atoms with Crippen LogP contribution in [0.4, 0.5) is 0 Å². The molecule has 0 saturated carbocycles. The van der Waals surface area contributed by atoms with Gasteiger partial charge in [0.1, 0.15) is 0 Å². The summed E-state index contributed by atoms with van der Waals surface area (Å²) in [4.78, 5) is 42.9. The average molecular weight is 344 g/mol. The first kappa shape index (κ1) is 22.1. The molecule has 0 aliphatic rings. The Morgan fingerprint density at radius 1 is 1.12 bits per heavy atom. The third-order valence-electron chi connectivity index (χ3n) is 3.50. The molecule has 0 spiro atoms. The highest BCUT2D eigenvalue weighted by Crippen LogP contribution is 2.18. The summed E-state index contributed by atoms with van der Waals surface area (Å²) in [6.07, 6.45) is 3.86. The summed E-state index contributed by atoms with van der Waals surface area (Å²) < 4.78 is 0. The molecule has 1 atom stereocenters. The summed E-state index contributed by atoms with van der Waals surface area (Å²) in [6, 6.07) is 0. The van der Waals surface area contributed by atoms with Crippen molar-refractivity contribution in [1.29, 1.82) is 0 Å². The highest BCUT2D eigenvalue weighted by atomic mass is 17.2. The molecule has 0 saturated heterocycles. The lowest BCUT2D eigenvalue weighted by atomic mass is 10.00. The molecular formula is C16H28N2O6. The van der Waals surface area contributed by atoms with Crippen molar-refractivity contribution in [2.75, 3.05) is 6.54 Å². The predicted octanol–water partition coefficient (Wildman–Crippen LogP) is 1.08. The molecule has 8 nitrogen and oxygen atoms in total. The number of nitrogens with two attached hydrogens (primary N) is 1. The van der Waals surface area contributed by atoms with Crippen LogP contribution >= 0.6 is 0 Å². The van der Waals surface area contributed by atoms with Crippen molar-refractivity contribution >= 4 is 17.8 Å². The summed E-state index contributed by atoms with van der Waals surface area (Å²) in [5.41, 5.74) is 6.33. The van der Waals surface area contributed by atoms with E-state index in [4.69, 9.17) is 5.73 Å². The fourth-order valence-corrected chi connectivity index (χ4v) is 2.00. The topological polar surface area (TPSA) is 128 Å². The first-order valence-corrected chi connectivity index (χ1v) is 8.16. The standard InChI is InChI=1S/C16H28N2O6/c1-4-6-7-8-9-12(5-2)11(3)15(21)23-24-16(22)14(20)18-13(19)10-17/h14,20H,4-10,17H2,1-3H3,(H,18,19)/b12-11-. The highest BCUT2D eigenvalue weighted by molar-refractivity contribution is 5.89. The van der Waals surface area contributed by atoms with E-state index >= 15 is 0 Å². The largest absolute Gasteiger partial charge is 0.404 e. The Labute approximate surface area is 142 Å². The summed E-state index contributed by atoms with van der Waals surface area (Å²) in [5.74, 6) is -2.85. The average Bonchev–Trinajstić information content (AvgIpc) is 2.58. The van der Waals surface area contributed by atoms with Crippen molar-refractivity contribution in [3.8, 4) is 0 Å². The number of unbranched alkanes of at least 4 members (excludes halogenated alkanes) is 3. The highest BCUT2D eigenvalue weighted by Gasteiger charge is 2.22. The number of allylic oxidation sites excluding steroid dienone is 1. The fourth-order valence-electron chi connectivity index (χ4n) is 2.00. The lowest BCUT2D eigenvalue weighted by Gasteiger charge is -2.12. The lowest BCUT2D eigenvalue weighted by molar-refractivity contribution is -0.262. The Hall–Kier alpha value is -1.93. The van der Waals surface area contributed by atoms with Crippen LogP contribution in [0.15, 0.2) is 11.1 Å². The molecule has 1 amide bonds. The van der Waals surface area contributed by atoms with E-state index in [1.165, 1.54) is 0 Å². The molecule has 0 aliphatic heterocycles.